The third-order valence-corrected chi connectivity index (χ3v) is 6.45. The number of aromatic nitrogens is 3. The second-order valence-corrected chi connectivity index (χ2v) is 9.60. The van der Waals surface area contributed by atoms with Gasteiger partial charge in [0.15, 0.2) is 0 Å². The van der Waals surface area contributed by atoms with E-state index in [1.54, 1.807) is 0 Å². The summed E-state index contributed by atoms with van der Waals surface area (Å²) in [7, 11) is 0. The lowest BCUT2D eigenvalue weighted by molar-refractivity contribution is 0.122. The van der Waals surface area contributed by atoms with Gasteiger partial charge in [-0.05, 0) is 36.4 Å². The summed E-state index contributed by atoms with van der Waals surface area (Å²) in [6.07, 6.45) is 6.00. The molecular weight excluding hydrogens is 404 g/mol. The van der Waals surface area contributed by atoms with E-state index in [-0.39, 0.29) is 0 Å². The molecule has 5 nitrogen and oxygen atoms in total. The molecule has 0 spiro atoms. The van der Waals surface area contributed by atoms with Gasteiger partial charge < -0.3 is 9.64 Å². The van der Waals surface area contributed by atoms with Gasteiger partial charge in [-0.25, -0.2) is 9.97 Å². The van der Waals surface area contributed by atoms with Crippen LogP contribution in [0.3, 0.4) is 0 Å². The van der Waals surface area contributed by atoms with E-state index in [1.807, 2.05) is 30.2 Å². The van der Waals surface area contributed by atoms with E-state index in [9.17, 15) is 0 Å². The summed E-state index contributed by atoms with van der Waals surface area (Å²) in [5.41, 5.74) is 5.46. The lowest BCUT2D eigenvalue weighted by Crippen LogP contribution is -2.37. The topological polar surface area (TPSA) is 42.7 Å². The first-order chi connectivity index (χ1) is 15.2. The minimum absolute atomic E-state index is 0.573. The predicted octanol–water partition coefficient (Wildman–Crippen LogP) is 5.40. The Bertz CT molecular complexity index is 1180. The minimum atomic E-state index is 0.573. The van der Waals surface area contributed by atoms with Gasteiger partial charge in [-0.3, -0.25) is 4.40 Å². The quantitative estimate of drug-likeness (QED) is 0.397. The Morgan fingerprint density at radius 3 is 2.48 bits per heavy atom. The van der Waals surface area contributed by atoms with E-state index in [1.165, 1.54) is 4.90 Å². The van der Waals surface area contributed by atoms with Gasteiger partial charge in [0.05, 0.1) is 25.1 Å². The first kappa shape index (κ1) is 20.1. The SMILES string of the molecule is CC(C)Sc1ccc(-c2cnc3ccc(-c4cccnc4N4CCOCC4)cn23)cc1. The summed E-state index contributed by atoms with van der Waals surface area (Å²) in [4.78, 5) is 12.9. The molecule has 0 radical (unpaired) electrons. The number of benzene rings is 1. The molecule has 0 aliphatic carbocycles. The van der Waals surface area contributed by atoms with Gasteiger partial charge in [0.2, 0.25) is 0 Å². The van der Waals surface area contributed by atoms with E-state index >= 15 is 0 Å². The largest absolute Gasteiger partial charge is 0.378 e. The zero-order valence-electron chi connectivity index (χ0n) is 17.9. The van der Waals surface area contributed by atoms with Gasteiger partial charge in [-0.15, -0.1) is 11.8 Å². The van der Waals surface area contributed by atoms with Gasteiger partial charge >= 0.3 is 0 Å². The Labute approximate surface area is 187 Å². The summed E-state index contributed by atoms with van der Waals surface area (Å²) < 4.78 is 7.70. The molecule has 31 heavy (non-hydrogen) atoms. The monoisotopic (exact) mass is 430 g/mol. The van der Waals surface area contributed by atoms with Crippen LogP contribution in [0.5, 0.6) is 0 Å². The fourth-order valence-electron chi connectivity index (χ4n) is 3.98. The van der Waals surface area contributed by atoms with Gasteiger partial charge in [-0.1, -0.05) is 26.0 Å². The average Bonchev–Trinajstić information content (AvgIpc) is 3.23. The standard InChI is InChI=1S/C25H26N4OS/c1-18(2)31-21-8-5-19(6-9-21)23-16-27-24-10-7-20(17-29(23)24)22-4-3-11-26-25(22)28-12-14-30-15-13-28/h3-11,16-18H,12-15H2,1-2H3. The van der Waals surface area contributed by atoms with Crippen LogP contribution < -0.4 is 4.90 Å². The highest BCUT2D eigenvalue weighted by molar-refractivity contribution is 7.99. The molecule has 158 valence electrons. The second-order valence-electron chi connectivity index (χ2n) is 7.95. The number of imidazole rings is 1. The molecule has 1 aromatic carbocycles. The van der Waals surface area contributed by atoms with Gasteiger partial charge in [0.25, 0.3) is 0 Å². The molecule has 1 fully saturated rings. The summed E-state index contributed by atoms with van der Waals surface area (Å²) >= 11 is 1.88. The number of nitrogens with zero attached hydrogens (tertiary/aromatic N) is 4. The van der Waals surface area contributed by atoms with Crippen molar-refractivity contribution in [2.45, 2.75) is 24.0 Å². The fourth-order valence-corrected chi connectivity index (χ4v) is 4.82. The molecule has 0 N–H and O–H groups in total. The summed E-state index contributed by atoms with van der Waals surface area (Å²) in [5, 5.41) is 0.573. The Kier molecular flexibility index (Phi) is 5.66. The number of hydrogen-bond donors (Lipinski definition) is 0. The van der Waals surface area contributed by atoms with Crippen molar-refractivity contribution in [3.05, 3.63) is 67.1 Å². The molecule has 3 aromatic heterocycles. The fraction of sp³-hybridized carbons (Fsp3) is 0.280. The lowest BCUT2D eigenvalue weighted by atomic mass is 10.1. The first-order valence-corrected chi connectivity index (χ1v) is 11.6. The summed E-state index contributed by atoms with van der Waals surface area (Å²) in [6.45, 7) is 7.65. The number of rotatable bonds is 5. The maximum absolute atomic E-state index is 5.52. The van der Waals surface area contributed by atoms with Crippen molar-refractivity contribution in [3.8, 4) is 22.4 Å². The van der Waals surface area contributed by atoms with E-state index in [0.717, 1.165) is 60.2 Å². The molecule has 4 heterocycles. The molecule has 1 aliphatic rings. The van der Waals surface area contributed by atoms with Crippen molar-refractivity contribution in [3.63, 3.8) is 0 Å². The first-order valence-electron chi connectivity index (χ1n) is 10.7. The second kappa shape index (κ2) is 8.73. The molecule has 6 heteroatoms. The highest BCUT2D eigenvalue weighted by Gasteiger charge is 2.17. The number of hydrogen-bond acceptors (Lipinski definition) is 5. The number of morpholine rings is 1. The lowest BCUT2D eigenvalue weighted by Gasteiger charge is -2.29. The molecule has 0 amide bonds. The molecule has 0 bridgehead atoms. The Morgan fingerprint density at radius 2 is 1.71 bits per heavy atom. The van der Waals surface area contributed by atoms with Crippen LogP contribution in [0, 0.1) is 0 Å². The predicted molar refractivity (Wildman–Crippen MR) is 128 cm³/mol. The van der Waals surface area contributed by atoms with E-state index < -0.39 is 0 Å². The van der Waals surface area contributed by atoms with Crippen LogP contribution in [0.25, 0.3) is 28.0 Å². The zero-order chi connectivity index (χ0) is 21.2. The molecule has 1 aliphatic heterocycles. The Hall–Kier alpha value is -2.83. The van der Waals surface area contributed by atoms with E-state index in [0.29, 0.717) is 5.25 Å². The molecule has 5 rings (SSSR count). The van der Waals surface area contributed by atoms with Crippen LogP contribution in [-0.2, 0) is 4.74 Å². The molecule has 0 atom stereocenters. The molecule has 0 unspecified atom stereocenters. The number of pyridine rings is 2. The van der Waals surface area contributed by atoms with Crippen molar-refractivity contribution in [2.24, 2.45) is 0 Å². The van der Waals surface area contributed by atoms with E-state index in [4.69, 9.17) is 9.72 Å². The van der Waals surface area contributed by atoms with Crippen molar-refractivity contribution < 1.29 is 4.74 Å². The van der Waals surface area contributed by atoms with E-state index in [2.05, 4.69) is 76.8 Å². The third-order valence-electron chi connectivity index (χ3n) is 5.44. The summed E-state index contributed by atoms with van der Waals surface area (Å²) in [5.74, 6) is 1.02. The van der Waals surface area contributed by atoms with Crippen LogP contribution >= 0.6 is 11.8 Å². The van der Waals surface area contributed by atoms with Gasteiger partial charge in [0.1, 0.15) is 11.5 Å². The molecule has 4 aromatic rings. The smallest absolute Gasteiger partial charge is 0.137 e. The number of anilines is 1. The molecule has 1 saturated heterocycles. The number of ether oxygens (including phenoxy) is 1. The number of thioether (sulfide) groups is 1. The van der Waals surface area contributed by atoms with Crippen LogP contribution in [0.2, 0.25) is 0 Å². The van der Waals surface area contributed by atoms with Crippen LogP contribution in [-0.4, -0.2) is 45.9 Å². The van der Waals surface area contributed by atoms with Crippen LogP contribution in [0.15, 0.2) is 72.0 Å². The van der Waals surface area contributed by atoms with Crippen LogP contribution in [0.4, 0.5) is 5.82 Å². The Morgan fingerprint density at radius 1 is 0.935 bits per heavy atom. The highest BCUT2D eigenvalue weighted by atomic mass is 32.2. The molecule has 0 saturated carbocycles. The van der Waals surface area contributed by atoms with Crippen molar-refractivity contribution in [2.75, 3.05) is 31.2 Å². The Balaban J connectivity index is 1.53. The van der Waals surface area contributed by atoms with Crippen molar-refractivity contribution in [1.82, 2.24) is 14.4 Å². The highest BCUT2D eigenvalue weighted by Crippen LogP contribution is 2.32. The third kappa shape index (κ3) is 4.18. The molecular formula is C25H26N4OS. The van der Waals surface area contributed by atoms with Crippen molar-refractivity contribution in [1.29, 1.82) is 0 Å². The average molecular weight is 431 g/mol. The maximum Gasteiger partial charge on any atom is 0.137 e. The number of fused-ring (bicyclic) bond motifs is 1. The maximum atomic E-state index is 5.52. The minimum Gasteiger partial charge on any atom is -0.378 e. The van der Waals surface area contributed by atoms with Crippen LogP contribution in [0.1, 0.15) is 13.8 Å². The van der Waals surface area contributed by atoms with Gasteiger partial charge in [-0.2, -0.15) is 0 Å². The normalized spacial score (nSPS) is 14.5. The summed E-state index contributed by atoms with van der Waals surface area (Å²) in [6, 6.07) is 17.1. The zero-order valence-corrected chi connectivity index (χ0v) is 18.7. The van der Waals surface area contributed by atoms with Gasteiger partial charge in [0, 0.05) is 52.3 Å². The van der Waals surface area contributed by atoms with Crippen molar-refractivity contribution >= 4 is 23.2 Å².